The Hall–Kier alpha value is -2.92. The van der Waals surface area contributed by atoms with Gasteiger partial charge in [-0.1, -0.05) is 37.5 Å². The highest BCUT2D eigenvalue weighted by Crippen LogP contribution is 2.47. The van der Waals surface area contributed by atoms with E-state index in [1.807, 2.05) is 24.3 Å². The van der Waals surface area contributed by atoms with E-state index in [9.17, 15) is 18.3 Å². The molecular formula is C32H44N4O5S. The molecule has 2 heterocycles. The monoisotopic (exact) mass is 596 g/mol. The second-order valence-corrected chi connectivity index (χ2v) is 13.8. The summed E-state index contributed by atoms with van der Waals surface area (Å²) in [4.78, 5) is 16.6. The summed E-state index contributed by atoms with van der Waals surface area (Å²) in [5.41, 5.74) is 4.86. The van der Waals surface area contributed by atoms with Gasteiger partial charge in [0.1, 0.15) is 12.4 Å². The first-order chi connectivity index (χ1) is 20.1. The van der Waals surface area contributed by atoms with Gasteiger partial charge in [0.25, 0.3) is 0 Å². The molecule has 2 aliphatic rings. The first-order valence-electron chi connectivity index (χ1n) is 15.1. The minimum absolute atomic E-state index is 0.0151. The van der Waals surface area contributed by atoms with Crippen molar-refractivity contribution >= 4 is 26.9 Å². The Kier molecular flexibility index (Phi) is 9.57. The van der Waals surface area contributed by atoms with Crippen LogP contribution in [0.25, 0.3) is 22.2 Å². The van der Waals surface area contributed by atoms with Crippen molar-refractivity contribution in [3.63, 3.8) is 0 Å². The first kappa shape index (κ1) is 30.5. The maximum absolute atomic E-state index is 12.0. The third-order valence-electron chi connectivity index (χ3n) is 9.01. The van der Waals surface area contributed by atoms with Crippen LogP contribution < -0.4 is 9.88 Å². The number of benzene rings is 2. The molecule has 0 unspecified atom stereocenters. The quantitative estimate of drug-likeness (QED) is 0.307. The van der Waals surface area contributed by atoms with Crippen LogP contribution in [0.1, 0.15) is 66.8 Å². The van der Waals surface area contributed by atoms with Crippen molar-refractivity contribution in [3.8, 4) is 17.0 Å². The van der Waals surface area contributed by atoms with Crippen molar-refractivity contribution in [1.29, 1.82) is 0 Å². The van der Waals surface area contributed by atoms with Gasteiger partial charge in [0.2, 0.25) is 10.0 Å². The van der Waals surface area contributed by atoms with E-state index in [1.54, 1.807) is 6.07 Å². The summed E-state index contributed by atoms with van der Waals surface area (Å²) in [7, 11) is 0.751. The summed E-state index contributed by atoms with van der Waals surface area (Å²) < 4.78 is 31.3. The number of fused-ring (bicyclic) bond motifs is 5. The number of aromatic nitrogens is 1. The topological polar surface area (TPSA) is 118 Å². The van der Waals surface area contributed by atoms with Crippen LogP contribution in [0.2, 0.25) is 0 Å². The van der Waals surface area contributed by atoms with Crippen LogP contribution in [-0.2, 0) is 16.6 Å². The summed E-state index contributed by atoms with van der Waals surface area (Å²) in [6, 6.07) is 13.9. The molecule has 1 aliphatic carbocycles. The van der Waals surface area contributed by atoms with Crippen LogP contribution in [0.5, 0.6) is 5.75 Å². The number of likely N-dealkylation sites (N-methyl/N-ethyl adjacent to an activating group) is 2. The van der Waals surface area contributed by atoms with Gasteiger partial charge in [0, 0.05) is 36.1 Å². The molecule has 5 rings (SSSR count). The standard InChI is InChI=1S/C32H44N4O5S/c1-34(16-8-9-19-42(33,39)40)17-18-35(2)25-21-36-28-20-24(32(37)38)14-15-26(28)30(23-10-4-3-5-11-23)31(36)27-12-6-7-13-29(27)41-22-25/h6-7,12-15,20,23,25H,3-5,8-11,16-19,21-22H2,1-2H3,(H,37,38)(H2,33,39,40)/t25-/m1/s1. The molecule has 0 bridgehead atoms. The molecule has 1 atom stereocenters. The van der Waals surface area contributed by atoms with Crippen LogP contribution in [-0.4, -0.2) is 86.0 Å². The molecule has 2 aromatic carbocycles. The third kappa shape index (κ3) is 6.99. The van der Waals surface area contributed by atoms with Crippen LogP contribution in [0, 0.1) is 0 Å². The number of aromatic carboxylic acids is 1. The van der Waals surface area contributed by atoms with Crippen molar-refractivity contribution < 1.29 is 23.1 Å². The molecule has 1 aromatic heterocycles. The lowest BCUT2D eigenvalue weighted by Crippen LogP contribution is -2.44. The van der Waals surface area contributed by atoms with E-state index in [0.29, 0.717) is 31.1 Å². The number of nitrogens with two attached hydrogens (primary N) is 1. The average Bonchev–Trinajstić information content (AvgIpc) is 3.27. The fourth-order valence-corrected chi connectivity index (χ4v) is 7.21. The SMILES string of the molecule is CN(CCCCS(N)(=O)=O)CCN(C)[C@H]1COc2ccccc2-c2c(C3CCCCC3)c3ccc(C(=O)O)cc3n2C1. The van der Waals surface area contributed by atoms with Gasteiger partial charge in [-0.15, -0.1) is 0 Å². The molecule has 9 nitrogen and oxygen atoms in total. The fraction of sp³-hybridized carbons (Fsp3) is 0.531. The fourth-order valence-electron chi connectivity index (χ4n) is 6.61. The molecule has 42 heavy (non-hydrogen) atoms. The van der Waals surface area contributed by atoms with Gasteiger partial charge in [-0.3, -0.25) is 4.90 Å². The van der Waals surface area contributed by atoms with Gasteiger partial charge in [-0.25, -0.2) is 18.4 Å². The number of carboxylic acid groups (broad SMARTS) is 1. The smallest absolute Gasteiger partial charge is 0.335 e. The van der Waals surface area contributed by atoms with E-state index in [-0.39, 0.29) is 11.8 Å². The van der Waals surface area contributed by atoms with Gasteiger partial charge in [-0.05, 0) is 82.1 Å². The van der Waals surface area contributed by atoms with E-state index in [1.165, 1.54) is 30.5 Å². The average molecular weight is 597 g/mol. The lowest BCUT2D eigenvalue weighted by Gasteiger charge is -2.33. The number of para-hydroxylation sites is 1. The Morgan fingerprint density at radius 2 is 1.81 bits per heavy atom. The van der Waals surface area contributed by atoms with Crippen molar-refractivity contribution in [1.82, 2.24) is 14.4 Å². The van der Waals surface area contributed by atoms with Crippen molar-refractivity contribution in [2.45, 2.75) is 63.5 Å². The van der Waals surface area contributed by atoms with E-state index < -0.39 is 16.0 Å². The summed E-state index contributed by atoms with van der Waals surface area (Å²) in [5.74, 6) is 0.394. The Morgan fingerprint density at radius 3 is 2.55 bits per heavy atom. The van der Waals surface area contributed by atoms with Gasteiger partial charge in [0.05, 0.1) is 23.1 Å². The number of unbranched alkanes of at least 4 members (excludes halogenated alkanes) is 1. The highest BCUT2D eigenvalue weighted by Gasteiger charge is 2.31. The molecular weight excluding hydrogens is 552 g/mol. The molecule has 3 N–H and O–H groups in total. The Balaban J connectivity index is 1.46. The zero-order chi connectivity index (χ0) is 29.9. The minimum Gasteiger partial charge on any atom is -0.491 e. The molecule has 1 aliphatic heterocycles. The van der Waals surface area contributed by atoms with E-state index in [2.05, 4.69) is 40.6 Å². The number of carboxylic acids is 1. The highest BCUT2D eigenvalue weighted by atomic mass is 32.2. The van der Waals surface area contributed by atoms with Crippen LogP contribution in [0.3, 0.4) is 0 Å². The maximum atomic E-state index is 12.0. The van der Waals surface area contributed by atoms with Gasteiger partial charge < -0.3 is 19.3 Å². The molecule has 3 aromatic rings. The number of nitrogens with zero attached hydrogens (tertiary/aromatic N) is 3. The van der Waals surface area contributed by atoms with Crippen molar-refractivity contribution in [2.75, 3.05) is 46.1 Å². The third-order valence-corrected chi connectivity index (χ3v) is 9.87. The summed E-state index contributed by atoms with van der Waals surface area (Å²) in [6.45, 7) is 3.64. The van der Waals surface area contributed by atoms with Crippen molar-refractivity contribution in [2.24, 2.45) is 5.14 Å². The van der Waals surface area contributed by atoms with Crippen LogP contribution in [0.15, 0.2) is 42.5 Å². The normalized spacial score (nSPS) is 18.0. The molecule has 0 saturated heterocycles. The summed E-state index contributed by atoms with van der Waals surface area (Å²) in [5, 5.41) is 16.1. The largest absolute Gasteiger partial charge is 0.491 e. The zero-order valence-corrected chi connectivity index (χ0v) is 25.6. The lowest BCUT2D eigenvalue weighted by molar-refractivity contribution is 0.0697. The predicted molar refractivity (Wildman–Crippen MR) is 167 cm³/mol. The molecule has 0 spiro atoms. The van der Waals surface area contributed by atoms with Gasteiger partial charge in [0.15, 0.2) is 0 Å². The van der Waals surface area contributed by atoms with Crippen molar-refractivity contribution in [3.05, 3.63) is 53.6 Å². The maximum Gasteiger partial charge on any atom is 0.335 e. The Labute approximate surface area is 249 Å². The minimum atomic E-state index is -3.42. The molecule has 0 radical (unpaired) electrons. The van der Waals surface area contributed by atoms with E-state index in [0.717, 1.165) is 61.1 Å². The molecule has 10 heteroatoms. The van der Waals surface area contributed by atoms with Crippen LogP contribution >= 0.6 is 0 Å². The number of hydrogen-bond acceptors (Lipinski definition) is 6. The van der Waals surface area contributed by atoms with Crippen LogP contribution in [0.4, 0.5) is 0 Å². The van der Waals surface area contributed by atoms with E-state index in [4.69, 9.17) is 9.88 Å². The first-order valence-corrected chi connectivity index (χ1v) is 16.8. The lowest BCUT2D eigenvalue weighted by atomic mass is 9.81. The number of primary sulfonamides is 1. The number of ether oxygens (including phenoxy) is 1. The summed E-state index contributed by atoms with van der Waals surface area (Å²) in [6.07, 6.45) is 7.30. The van der Waals surface area contributed by atoms with Gasteiger partial charge >= 0.3 is 5.97 Å². The number of carbonyl (C=O) groups is 1. The molecule has 228 valence electrons. The number of hydrogen-bond donors (Lipinski definition) is 2. The molecule has 0 amide bonds. The van der Waals surface area contributed by atoms with E-state index >= 15 is 0 Å². The van der Waals surface area contributed by atoms with Gasteiger partial charge in [-0.2, -0.15) is 0 Å². The number of rotatable bonds is 11. The Bertz CT molecular complexity index is 1510. The number of sulfonamides is 1. The molecule has 1 fully saturated rings. The Morgan fingerprint density at radius 1 is 1.05 bits per heavy atom. The zero-order valence-electron chi connectivity index (χ0n) is 24.8. The highest BCUT2D eigenvalue weighted by molar-refractivity contribution is 7.89. The molecule has 1 saturated carbocycles. The second-order valence-electron chi connectivity index (χ2n) is 12.1. The predicted octanol–water partition coefficient (Wildman–Crippen LogP) is 4.75. The second kappa shape index (κ2) is 13.2. The summed E-state index contributed by atoms with van der Waals surface area (Å²) >= 11 is 0.